The highest BCUT2D eigenvalue weighted by Gasteiger charge is 2.19. The molecular weight excluding hydrogens is 256 g/mol. The zero-order valence-electron chi connectivity index (χ0n) is 10.5. The predicted molar refractivity (Wildman–Crippen MR) is 68.6 cm³/mol. The number of carbonyl (C=O) groups excluding carboxylic acids is 2. The number of hydrogen-bond acceptors (Lipinski definition) is 3. The minimum absolute atomic E-state index is 0.0445. The number of nitrogens with one attached hydrogen (secondary N) is 1. The van der Waals surface area contributed by atoms with E-state index >= 15 is 0 Å². The van der Waals surface area contributed by atoms with Gasteiger partial charge in [-0.1, -0.05) is 18.5 Å². The van der Waals surface area contributed by atoms with Crippen LogP contribution in [0.4, 0.5) is 0 Å². The lowest BCUT2D eigenvalue weighted by atomic mass is 10.3. The van der Waals surface area contributed by atoms with Crippen LogP contribution in [0.3, 0.4) is 0 Å². The lowest BCUT2D eigenvalue weighted by Gasteiger charge is -2.20. The van der Waals surface area contributed by atoms with Crippen LogP contribution in [0, 0.1) is 0 Å². The minimum atomic E-state index is -0.406. The molecule has 0 atom stereocenters. The first-order valence-corrected chi connectivity index (χ1v) is 6.25. The van der Waals surface area contributed by atoms with Gasteiger partial charge in [-0.2, -0.15) is 0 Å². The molecule has 100 valence electrons. The van der Waals surface area contributed by atoms with Crippen LogP contribution in [-0.4, -0.2) is 41.5 Å². The fourth-order valence-electron chi connectivity index (χ4n) is 1.55. The molecule has 5 nitrogen and oxygen atoms in total. The molecule has 1 amide bonds. The van der Waals surface area contributed by atoms with E-state index in [9.17, 15) is 9.59 Å². The van der Waals surface area contributed by atoms with E-state index in [4.69, 9.17) is 16.3 Å². The molecule has 0 aromatic carbocycles. The van der Waals surface area contributed by atoms with Crippen LogP contribution >= 0.6 is 11.6 Å². The van der Waals surface area contributed by atoms with Crippen LogP contribution < -0.4 is 0 Å². The van der Waals surface area contributed by atoms with Crippen molar-refractivity contribution in [3.63, 3.8) is 0 Å². The quantitative estimate of drug-likeness (QED) is 0.807. The highest BCUT2D eigenvalue weighted by atomic mass is 35.5. The van der Waals surface area contributed by atoms with Crippen molar-refractivity contribution in [1.29, 1.82) is 0 Å². The number of ether oxygens (including phenoxy) is 1. The van der Waals surface area contributed by atoms with Gasteiger partial charge in [0, 0.05) is 12.7 Å². The Bertz CT molecular complexity index is 417. The smallest absolute Gasteiger partial charge is 0.325 e. The third-order valence-electron chi connectivity index (χ3n) is 2.28. The summed E-state index contributed by atoms with van der Waals surface area (Å²) < 4.78 is 4.84. The van der Waals surface area contributed by atoms with Crippen LogP contribution in [0.2, 0.25) is 5.02 Å². The van der Waals surface area contributed by atoms with Gasteiger partial charge < -0.3 is 14.6 Å². The van der Waals surface area contributed by atoms with Gasteiger partial charge in [-0.3, -0.25) is 9.59 Å². The number of H-pyrrole nitrogens is 1. The summed E-state index contributed by atoms with van der Waals surface area (Å²) in [6.45, 7) is 4.43. The molecule has 0 radical (unpaired) electrons. The van der Waals surface area contributed by atoms with Crippen LogP contribution in [0.5, 0.6) is 0 Å². The minimum Gasteiger partial charge on any atom is -0.465 e. The molecule has 0 aliphatic rings. The highest BCUT2D eigenvalue weighted by molar-refractivity contribution is 6.30. The molecule has 1 aromatic heterocycles. The summed E-state index contributed by atoms with van der Waals surface area (Å²) in [5.74, 6) is -0.659. The first-order valence-electron chi connectivity index (χ1n) is 5.87. The number of hydrogen-bond donors (Lipinski definition) is 1. The topological polar surface area (TPSA) is 62.4 Å². The van der Waals surface area contributed by atoms with Gasteiger partial charge in [-0.05, 0) is 19.4 Å². The normalized spacial score (nSPS) is 10.2. The maximum atomic E-state index is 12.1. The number of carbonyl (C=O) groups is 2. The molecule has 0 aliphatic carbocycles. The Morgan fingerprint density at radius 1 is 1.44 bits per heavy atom. The Kier molecular flexibility index (Phi) is 5.71. The molecule has 1 aromatic rings. The molecule has 0 saturated heterocycles. The monoisotopic (exact) mass is 272 g/mol. The van der Waals surface area contributed by atoms with Crippen LogP contribution in [-0.2, 0) is 9.53 Å². The van der Waals surface area contributed by atoms with Crippen LogP contribution in [0.15, 0.2) is 12.3 Å². The number of rotatable bonds is 6. The fourth-order valence-corrected chi connectivity index (χ4v) is 1.71. The van der Waals surface area contributed by atoms with E-state index in [0.717, 1.165) is 6.42 Å². The highest BCUT2D eigenvalue weighted by Crippen LogP contribution is 2.12. The van der Waals surface area contributed by atoms with Crippen LogP contribution in [0.1, 0.15) is 30.8 Å². The summed E-state index contributed by atoms with van der Waals surface area (Å²) in [5, 5.41) is 0.464. The summed E-state index contributed by atoms with van der Waals surface area (Å²) in [7, 11) is 0. The van der Waals surface area contributed by atoms with Gasteiger partial charge in [0.1, 0.15) is 12.2 Å². The second-order valence-corrected chi connectivity index (χ2v) is 4.20. The average Bonchev–Trinajstić information content (AvgIpc) is 2.75. The van der Waals surface area contributed by atoms with Gasteiger partial charge in [0.15, 0.2) is 0 Å². The number of nitrogens with zero attached hydrogens (tertiary/aromatic N) is 1. The summed E-state index contributed by atoms with van der Waals surface area (Å²) in [4.78, 5) is 27.8. The van der Waals surface area contributed by atoms with Gasteiger partial charge in [0.05, 0.1) is 11.6 Å². The van der Waals surface area contributed by atoms with Gasteiger partial charge in [0.2, 0.25) is 0 Å². The lowest BCUT2D eigenvalue weighted by molar-refractivity contribution is -0.143. The second-order valence-electron chi connectivity index (χ2n) is 3.76. The zero-order valence-corrected chi connectivity index (χ0v) is 11.3. The Labute approximate surface area is 111 Å². The molecule has 0 bridgehead atoms. The Morgan fingerprint density at radius 2 is 2.17 bits per heavy atom. The van der Waals surface area contributed by atoms with Crippen molar-refractivity contribution in [1.82, 2.24) is 9.88 Å². The number of esters is 1. The third-order valence-corrected chi connectivity index (χ3v) is 2.50. The molecule has 0 spiro atoms. The van der Waals surface area contributed by atoms with Crippen molar-refractivity contribution in [2.75, 3.05) is 19.7 Å². The Morgan fingerprint density at radius 3 is 2.67 bits per heavy atom. The molecule has 1 heterocycles. The largest absolute Gasteiger partial charge is 0.465 e. The number of halogens is 1. The molecule has 6 heteroatoms. The van der Waals surface area contributed by atoms with E-state index in [2.05, 4.69) is 4.98 Å². The van der Waals surface area contributed by atoms with Crippen molar-refractivity contribution in [2.45, 2.75) is 20.3 Å². The molecule has 1 N–H and O–H groups in total. The molecular formula is C12H17ClN2O3. The van der Waals surface area contributed by atoms with Crippen molar-refractivity contribution in [3.05, 3.63) is 23.0 Å². The number of aromatic amines is 1. The fraction of sp³-hybridized carbons (Fsp3) is 0.500. The first-order chi connectivity index (χ1) is 8.58. The van der Waals surface area contributed by atoms with E-state index in [-0.39, 0.29) is 12.5 Å². The standard InChI is InChI=1S/C12H17ClN2O3/c1-3-5-15(8-11(16)18-4-2)12(17)10-6-9(13)7-14-10/h6-7,14H,3-5,8H2,1-2H3. The SMILES string of the molecule is CCCN(CC(=O)OCC)C(=O)c1cc(Cl)c[nH]1. The van der Waals surface area contributed by atoms with Crippen molar-refractivity contribution < 1.29 is 14.3 Å². The second kappa shape index (κ2) is 7.06. The van der Waals surface area contributed by atoms with Gasteiger partial charge in [0.25, 0.3) is 5.91 Å². The van der Waals surface area contributed by atoms with Gasteiger partial charge >= 0.3 is 5.97 Å². The molecule has 0 saturated carbocycles. The molecule has 1 rings (SSSR count). The zero-order chi connectivity index (χ0) is 13.5. The van der Waals surface area contributed by atoms with Crippen molar-refractivity contribution >= 4 is 23.5 Å². The van der Waals surface area contributed by atoms with E-state index in [1.807, 2.05) is 6.92 Å². The Balaban J connectivity index is 2.71. The summed E-state index contributed by atoms with van der Waals surface area (Å²) in [5.41, 5.74) is 0.373. The average molecular weight is 273 g/mol. The van der Waals surface area contributed by atoms with Crippen molar-refractivity contribution in [2.24, 2.45) is 0 Å². The van der Waals surface area contributed by atoms with Gasteiger partial charge in [-0.25, -0.2) is 0 Å². The van der Waals surface area contributed by atoms with E-state index in [0.29, 0.717) is 23.9 Å². The van der Waals surface area contributed by atoms with E-state index < -0.39 is 5.97 Å². The lowest BCUT2D eigenvalue weighted by Crippen LogP contribution is -2.37. The van der Waals surface area contributed by atoms with Gasteiger partial charge in [-0.15, -0.1) is 0 Å². The van der Waals surface area contributed by atoms with Crippen LogP contribution in [0.25, 0.3) is 0 Å². The van der Waals surface area contributed by atoms with E-state index in [1.165, 1.54) is 17.2 Å². The first kappa shape index (κ1) is 14.6. The Hall–Kier alpha value is -1.49. The predicted octanol–water partition coefficient (Wildman–Crippen LogP) is 2.08. The number of aromatic nitrogens is 1. The summed E-state index contributed by atoms with van der Waals surface area (Å²) in [6.07, 6.45) is 2.29. The van der Waals surface area contributed by atoms with Crippen molar-refractivity contribution in [3.8, 4) is 0 Å². The summed E-state index contributed by atoms with van der Waals surface area (Å²) >= 11 is 5.75. The molecule has 0 aliphatic heterocycles. The number of amides is 1. The molecule has 0 fully saturated rings. The maximum absolute atomic E-state index is 12.1. The van der Waals surface area contributed by atoms with E-state index in [1.54, 1.807) is 6.92 Å². The summed E-state index contributed by atoms with van der Waals surface area (Å²) in [6, 6.07) is 1.54. The third kappa shape index (κ3) is 4.07. The molecule has 0 unspecified atom stereocenters. The maximum Gasteiger partial charge on any atom is 0.325 e. The molecule has 18 heavy (non-hydrogen) atoms.